The van der Waals surface area contributed by atoms with Gasteiger partial charge in [0.1, 0.15) is 18.5 Å². The van der Waals surface area contributed by atoms with E-state index in [0.717, 1.165) is 17.5 Å². The van der Waals surface area contributed by atoms with E-state index < -0.39 is 6.10 Å². The molecule has 0 fully saturated rings. The molecule has 28 heavy (non-hydrogen) atoms. The molecule has 0 aliphatic carbocycles. The predicted molar refractivity (Wildman–Crippen MR) is 109 cm³/mol. The first kappa shape index (κ1) is 19.9. The minimum Gasteiger partial charge on any atom is -0.491 e. The summed E-state index contributed by atoms with van der Waals surface area (Å²) in [6, 6.07) is 14.5. The van der Waals surface area contributed by atoms with Gasteiger partial charge in [-0.25, -0.2) is 4.79 Å². The third-order valence-corrected chi connectivity index (χ3v) is 4.71. The third kappa shape index (κ3) is 4.17. The van der Waals surface area contributed by atoms with Gasteiger partial charge in [0.2, 0.25) is 0 Å². The van der Waals surface area contributed by atoms with Crippen LogP contribution in [0.15, 0.2) is 53.3 Å². The van der Waals surface area contributed by atoms with Crippen LogP contribution < -0.4 is 10.4 Å². The Morgan fingerprint density at radius 3 is 2.29 bits per heavy atom. The smallest absolute Gasteiger partial charge is 0.329 e. The average molecular weight is 382 g/mol. The molecule has 0 radical (unpaired) electrons. The number of ketones is 1. The lowest BCUT2D eigenvalue weighted by Crippen LogP contribution is -2.31. The van der Waals surface area contributed by atoms with Crippen molar-refractivity contribution in [2.75, 3.05) is 6.61 Å². The molecule has 6 heteroatoms. The summed E-state index contributed by atoms with van der Waals surface area (Å²) in [4.78, 5) is 24.4. The van der Waals surface area contributed by atoms with Crippen LogP contribution in [0.2, 0.25) is 0 Å². The van der Waals surface area contributed by atoms with Crippen LogP contribution in [-0.2, 0) is 13.1 Å². The highest BCUT2D eigenvalue weighted by Gasteiger charge is 2.16. The van der Waals surface area contributed by atoms with Crippen LogP contribution >= 0.6 is 0 Å². The number of carbonyl (C=O) groups excluding carboxylic acids is 1. The van der Waals surface area contributed by atoms with Gasteiger partial charge in [-0.2, -0.15) is 0 Å². The summed E-state index contributed by atoms with van der Waals surface area (Å²) in [7, 11) is 0. The summed E-state index contributed by atoms with van der Waals surface area (Å²) in [6.45, 7) is 4.70. The van der Waals surface area contributed by atoms with Gasteiger partial charge in [0.15, 0.2) is 5.78 Å². The fraction of sp³-hybridized carbons (Fsp3) is 0.364. The third-order valence-electron chi connectivity index (χ3n) is 4.71. The highest BCUT2D eigenvalue weighted by atomic mass is 16.5. The van der Waals surface area contributed by atoms with Crippen LogP contribution in [0, 0.1) is 0 Å². The number of aryl methyl sites for hydroxylation is 1. The minimum atomic E-state index is -0.837. The van der Waals surface area contributed by atoms with Gasteiger partial charge in [-0.3, -0.25) is 13.9 Å². The van der Waals surface area contributed by atoms with Crippen LogP contribution in [0.3, 0.4) is 0 Å². The Kier molecular flexibility index (Phi) is 6.31. The molecular formula is C22H26N2O4. The number of aromatic nitrogens is 2. The zero-order chi connectivity index (χ0) is 20.1. The standard InChI is InChI=1S/C22H26N2O4/c1-3-13-23-19-7-5-6-8-20(19)24(22(23)27)14-17(25)15-28-18-11-9-16(10-12-18)21(26)4-2/h5-12,17,25H,3-4,13-15H2,1-2H3. The van der Waals surface area contributed by atoms with Gasteiger partial charge in [0.25, 0.3) is 0 Å². The van der Waals surface area contributed by atoms with Crippen molar-refractivity contribution in [3.63, 3.8) is 0 Å². The van der Waals surface area contributed by atoms with Crippen molar-refractivity contribution < 1.29 is 14.6 Å². The summed E-state index contributed by atoms with van der Waals surface area (Å²) >= 11 is 0. The van der Waals surface area contributed by atoms with Crippen molar-refractivity contribution in [3.8, 4) is 5.75 Å². The molecule has 0 bridgehead atoms. The molecule has 3 rings (SSSR count). The normalized spacial score (nSPS) is 12.2. The Balaban J connectivity index is 1.70. The first-order valence-corrected chi connectivity index (χ1v) is 9.67. The minimum absolute atomic E-state index is 0.0563. The van der Waals surface area contributed by atoms with E-state index in [4.69, 9.17) is 4.74 Å². The molecule has 0 spiro atoms. The molecule has 1 N–H and O–H groups in total. The number of ether oxygens (including phenoxy) is 1. The number of hydrogen-bond donors (Lipinski definition) is 1. The SMILES string of the molecule is CCCn1c(=O)n(CC(O)COc2ccc(C(=O)CC)cc2)c2ccccc21. The monoisotopic (exact) mass is 382 g/mol. The van der Waals surface area contributed by atoms with E-state index in [2.05, 4.69) is 0 Å². The van der Waals surface area contributed by atoms with Crippen LogP contribution in [0.25, 0.3) is 11.0 Å². The number of aliphatic hydroxyl groups is 1. The molecule has 6 nitrogen and oxygen atoms in total. The summed E-state index contributed by atoms with van der Waals surface area (Å²) in [5.41, 5.74) is 2.20. The number of aliphatic hydroxyl groups excluding tert-OH is 1. The maximum atomic E-state index is 12.8. The number of rotatable bonds is 9. The van der Waals surface area contributed by atoms with E-state index in [9.17, 15) is 14.7 Å². The number of hydrogen-bond acceptors (Lipinski definition) is 4. The molecule has 148 valence electrons. The molecule has 0 aliphatic heterocycles. The zero-order valence-electron chi connectivity index (χ0n) is 16.3. The lowest BCUT2D eigenvalue weighted by Gasteiger charge is -2.13. The number of imidazole rings is 1. The summed E-state index contributed by atoms with van der Waals surface area (Å²) in [5, 5.41) is 10.4. The van der Waals surface area contributed by atoms with Crippen LogP contribution in [-0.4, -0.2) is 32.7 Å². The number of Topliss-reactive ketones (excluding diaryl/α,β-unsaturated/α-hetero) is 1. The molecule has 1 atom stereocenters. The van der Waals surface area contributed by atoms with Gasteiger partial charge in [-0.05, 0) is 42.8 Å². The Labute approximate surface area is 164 Å². The van der Waals surface area contributed by atoms with Crippen molar-refractivity contribution in [3.05, 3.63) is 64.6 Å². The molecule has 1 unspecified atom stereocenters. The molecule has 3 aromatic rings. The summed E-state index contributed by atoms with van der Waals surface area (Å²) < 4.78 is 8.97. The summed E-state index contributed by atoms with van der Waals surface area (Å²) in [6.07, 6.45) is 0.477. The quantitative estimate of drug-likeness (QED) is 0.577. The van der Waals surface area contributed by atoms with Gasteiger partial charge < -0.3 is 9.84 Å². The van der Waals surface area contributed by atoms with Crippen LogP contribution in [0.5, 0.6) is 5.75 Å². The zero-order valence-corrected chi connectivity index (χ0v) is 16.3. The van der Waals surface area contributed by atoms with Crippen LogP contribution in [0.4, 0.5) is 0 Å². The van der Waals surface area contributed by atoms with E-state index in [1.807, 2.05) is 38.1 Å². The Morgan fingerprint density at radius 1 is 1.04 bits per heavy atom. The van der Waals surface area contributed by atoms with Crippen LogP contribution in [0.1, 0.15) is 37.0 Å². The first-order chi connectivity index (χ1) is 13.5. The van der Waals surface area contributed by atoms with Gasteiger partial charge in [0, 0.05) is 18.5 Å². The van der Waals surface area contributed by atoms with Gasteiger partial charge in [-0.15, -0.1) is 0 Å². The Morgan fingerprint density at radius 2 is 1.68 bits per heavy atom. The number of para-hydroxylation sites is 2. The second-order valence-electron chi connectivity index (χ2n) is 6.80. The molecule has 0 amide bonds. The second kappa shape index (κ2) is 8.89. The van der Waals surface area contributed by atoms with Gasteiger partial charge in [0.05, 0.1) is 17.6 Å². The maximum Gasteiger partial charge on any atom is 0.329 e. The van der Waals surface area contributed by atoms with E-state index in [1.54, 1.807) is 33.4 Å². The highest BCUT2D eigenvalue weighted by Crippen LogP contribution is 2.16. The molecule has 1 heterocycles. The fourth-order valence-corrected chi connectivity index (χ4v) is 3.29. The topological polar surface area (TPSA) is 73.5 Å². The molecular weight excluding hydrogens is 356 g/mol. The lowest BCUT2D eigenvalue weighted by atomic mass is 10.1. The Bertz CT molecular complexity index is 1000. The van der Waals surface area contributed by atoms with E-state index in [-0.39, 0.29) is 24.6 Å². The molecule has 1 aromatic heterocycles. The molecule has 2 aromatic carbocycles. The maximum absolute atomic E-state index is 12.8. The van der Waals surface area contributed by atoms with Crippen molar-refractivity contribution in [1.82, 2.24) is 9.13 Å². The predicted octanol–water partition coefficient (Wildman–Crippen LogP) is 3.25. The average Bonchev–Trinajstić information content (AvgIpc) is 2.98. The largest absolute Gasteiger partial charge is 0.491 e. The fourth-order valence-electron chi connectivity index (χ4n) is 3.29. The molecule has 0 aliphatic rings. The number of fused-ring (bicyclic) bond motifs is 1. The van der Waals surface area contributed by atoms with E-state index in [0.29, 0.717) is 24.3 Å². The highest BCUT2D eigenvalue weighted by molar-refractivity contribution is 5.95. The molecule has 0 saturated carbocycles. The van der Waals surface area contributed by atoms with Crippen molar-refractivity contribution in [2.24, 2.45) is 0 Å². The number of carbonyl (C=O) groups is 1. The van der Waals surface area contributed by atoms with E-state index >= 15 is 0 Å². The van der Waals surface area contributed by atoms with Gasteiger partial charge >= 0.3 is 5.69 Å². The van der Waals surface area contributed by atoms with Gasteiger partial charge in [-0.1, -0.05) is 26.0 Å². The first-order valence-electron chi connectivity index (χ1n) is 9.67. The van der Waals surface area contributed by atoms with E-state index in [1.165, 1.54) is 0 Å². The van der Waals surface area contributed by atoms with Crippen molar-refractivity contribution >= 4 is 16.8 Å². The number of nitrogens with zero attached hydrogens (tertiary/aromatic N) is 2. The number of benzene rings is 2. The Hall–Kier alpha value is -2.86. The summed E-state index contributed by atoms with van der Waals surface area (Å²) in [5.74, 6) is 0.655. The lowest BCUT2D eigenvalue weighted by molar-refractivity contribution is 0.0923. The van der Waals surface area contributed by atoms with Crippen molar-refractivity contribution in [1.29, 1.82) is 0 Å². The second-order valence-corrected chi connectivity index (χ2v) is 6.80. The molecule has 0 saturated heterocycles. The van der Waals surface area contributed by atoms with Crippen molar-refractivity contribution in [2.45, 2.75) is 45.9 Å².